The topological polar surface area (TPSA) is 35.5 Å². The van der Waals surface area contributed by atoms with Crippen molar-refractivity contribution >= 4 is 18.4 Å². The van der Waals surface area contributed by atoms with Gasteiger partial charge in [0.25, 0.3) is 0 Å². The highest BCUT2D eigenvalue weighted by Gasteiger charge is 2.65. The van der Waals surface area contributed by atoms with Crippen molar-refractivity contribution in [3.63, 3.8) is 0 Å². The summed E-state index contributed by atoms with van der Waals surface area (Å²) in [6, 6.07) is 9.86. The molecule has 3 nitrogen and oxygen atoms in total. The molecule has 0 N–H and O–H groups in total. The summed E-state index contributed by atoms with van der Waals surface area (Å²) < 4.78 is 12.4. The number of carbonyl (C=O) groups is 1. The van der Waals surface area contributed by atoms with Crippen LogP contribution in [-0.4, -0.2) is 24.1 Å². The zero-order valence-electron chi connectivity index (χ0n) is 12.5. The van der Waals surface area contributed by atoms with Crippen LogP contribution >= 0.6 is 0 Å². The highest BCUT2D eigenvalue weighted by atomic mass is 16.7. The summed E-state index contributed by atoms with van der Waals surface area (Å²) in [5.41, 5.74) is -0.313. The van der Waals surface area contributed by atoms with Crippen LogP contribution in [0.3, 0.4) is 0 Å². The molecule has 1 aliphatic heterocycles. The predicted octanol–water partition coefficient (Wildman–Crippen LogP) is 2.65. The van der Waals surface area contributed by atoms with Gasteiger partial charge in [-0.2, -0.15) is 0 Å². The molecule has 2 atom stereocenters. The fourth-order valence-electron chi connectivity index (χ4n) is 3.60. The van der Waals surface area contributed by atoms with E-state index in [9.17, 15) is 4.79 Å². The molecule has 2 fully saturated rings. The molecule has 0 unspecified atom stereocenters. The molecule has 1 aromatic rings. The summed E-state index contributed by atoms with van der Waals surface area (Å²) in [7, 11) is -0.441. The minimum atomic E-state index is -0.781. The number of Topliss-reactive ketones (excluding diaryl/α,β-unsaturated/α-hetero) is 1. The molecular formula is C17H21BO3. The van der Waals surface area contributed by atoms with Gasteiger partial charge in [-0.15, -0.1) is 6.58 Å². The van der Waals surface area contributed by atoms with Gasteiger partial charge in [-0.1, -0.05) is 36.4 Å². The molecule has 0 amide bonds. The van der Waals surface area contributed by atoms with E-state index in [1.165, 1.54) is 0 Å². The van der Waals surface area contributed by atoms with Crippen molar-refractivity contribution in [1.82, 2.24) is 0 Å². The molecule has 1 saturated heterocycles. The van der Waals surface area contributed by atoms with E-state index in [4.69, 9.17) is 9.31 Å². The molecule has 3 rings (SSSR count). The molecular weight excluding hydrogens is 263 g/mol. The Morgan fingerprint density at radius 2 is 2.10 bits per heavy atom. The molecule has 1 saturated carbocycles. The maximum absolute atomic E-state index is 12.7. The van der Waals surface area contributed by atoms with Gasteiger partial charge in [0.1, 0.15) is 5.60 Å². The summed E-state index contributed by atoms with van der Waals surface area (Å²) in [5, 5.41) is 0. The van der Waals surface area contributed by atoms with Crippen molar-refractivity contribution in [2.24, 2.45) is 0 Å². The fraction of sp³-hybridized carbons (Fsp3) is 0.471. The Hall–Kier alpha value is -1.39. The number of fused-ring (bicyclic) bond motifs is 1. The van der Waals surface area contributed by atoms with Gasteiger partial charge in [0.2, 0.25) is 0 Å². The third-order valence-electron chi connectivity index (χ3n) is 4.81. The molecule has 110 valence electrons. The van der Waals surface area contributed by atoms with Crippen LogP contribution in [0.15, 0.2) is 43.0 Å². The van der Waals surface area contributed by atoms with Crippen molar-refractivity contribution < 1.29 is 14.1 Å². The van der Waals surface area contributed by atoms with Crippen LogP contribution in [0.1, 0.15) is 39.0 Å². The largest absolute Gasteiger partial charge is 0.495 e. The van der Waals surface area contributed by atoms with Crippen molar-refractivity contribution in [1.29, 1.82) is 0 Å². The SMILES string of the molecule is C=CCCC(=O)[C@@]12CCC[C@]1(C)OB(c1ccccc1)O2. The minimum absolute atomic E-state index is 0.154. The number of benzene rings is 1. The molecule has 1 aliphatic carbocycles. The Bertz CT molecular complexity index is 544. The number of hydrogen-bond donors (Lipinski definition) is 0. The standard InChI is InChI=1S/C17H21BO3/c1-3-4-11-15(19)17-13-8-12-16(17,2)20-18(21-17)14-9-6-5-7-10-14/h3,5-7,9-10H,1,4,8,11-13H2,2H3/t16-,17-/m0/s1. The summed E-state index contributed by atoms with van der Waals surface area (Å²) >= 11 is 0. The first-order chi connectivity index (χ1) is 10.1. The zero-order chi connectivity index (χ0) is 14.9. The van der Waals surface area contributed by atoms with Crippen LogP contribution < -0.4 is 5.46 Å². The Kier molecular flexibility index (Phi) is 3.76. The van der Waals surface area contributed by atoms with E-state index in [2.05, 4.69) is 6.58 Å². The molecule has 0 radical (unpaired) electrons. The second kappa shape index (κ2) is 5.43. The number of ketones is 1. The van der Waals surface area contributed by atoms with Gasteiger partial charge in [-0.3, -0.25) is 4.79 Å². The van der Waals surface area contributed by atoms with Gasteiger partial charge in [0.15, 0.2) is 5.78 Å². The molecule has 1 aromatic carbocycles. The van der Waals surface area contributed by atoms with Crippen LogP contribution in [-0.2, 0) is 14.1 Å². The summed E-state index contributed by atoms with van der Waals surface area (Å²) in [4.78, 5) is 12.7. The van der Waals surface area contributed by atoms with Crippen molar-refractivity contribution in [3.8, 4) is 0 Å². The van der Waals surface area contributed by atoms with E-state index >= 15 is 0 Å². The Morgan fingerprint density at radius 3 is 2.81 bits per heavy atom. The highest BCUT2D eigenvalue weighted by molar-refractivity contribution is 6.62. The zero-order valence-corrected chi connectivity index (χ0v) is 12.5. The highest BCUT2D eigenvalue weighted by Crippen LogP contribution is 2.50. The third-order valence-corrected chi connectivity index (χ3v) is 4.81. The predicted molar refractivity (Wildman–Crippen MR) is 83.4 cm³/mol. The molecule has 21 heavy (non-hydrogen) atoms. The van der Waals surface area contributed by atoms with Crippen LogP contribution in [0.25, 0.3) is 0 Å². The first kappa shape index (κ1) is 14.5. The quantitative estimate of drug-likeness (QED) is 0.616. The number of rotatable bonds is 5. The molecule has 0 aromatic heterocycles. The lowest BCUT2D eigenvalue weighted by molar-refractivity contribution is -0.140. The fourth-order valence-corrected chi connectivity index (χ4v) is 3.60. The summed E-state index contributed by atoms with van der Waals surface area (Å²) in [5.74, 6) is 0.154. The van der Waals surface area contributed by atoms with Gasteiger partial charge >= 0.3 is 7.12 Å². The third kappa shape index (κ3) is 2.27. The van der Waals surface area contributed by atoms with Crippen molar-refractivity contribution in [2.45, 2.75) is 50.2 Å². The Balaban J connectivity index is 1.88. The van der Waals surface area contributed by atoms with E-state index < -0.39 is 18.3 Å². The van der Waals surface area contributed by atoms with Crippen LogP contribution in [0.4, 0.5) is 0 Å². The van der Waals surface area contributed by atoms with E-state index in [1.807, 2.05) is 37.3 Å². The lowest BCUT2D eigenvalue weighted by Crippen LogP contribution is -2.51. The van der Waals surface area contributed by atoms with Crippen LogP contribution in [0.5, 0.6) is 0 Å². The van der Waals surface area contributed by atoms with Crippen molar-refractivity contribution in [2.75, 3.05) is 0 Å². The first-order valence-corrected chi connectivity index (χ1v) is 7.66. The monoisotopic (exact) mass is 284 g/mol. The van der Waals surface area contributed by atoms with E-state index in [0.717, 1.165) is 24.7 Å². The average Bonchev–Trinajstić information content (AvgIpc) is 2.96. The minimum Gasteiger partial charge on any atom is -0.399 e. The van der Waals surface area contributed by atoms with E-state index in [0.29, 0.717) is 12.8 Å². The van der Waals surface area contributed by atoms with E-state index in [1.54, 1.807) is 6.08 Å². The van der Waals surface area contributed by atoms with Gasteiger partial charge in [0, 0.05) is 6.42 Å². The maximum Gasteiger partial charge on any atom is 0.495 e. The summed E-state index contributed by atoms with van der Waals surface area (Å²) in [6.07, 6.45) is 5.54. The van der Waals surface area contributed by atoms with E-state index in [-0.39, 0.29) is 5.78 Å². The normalized spacial score (nSPS) is 31.2. The van der Waals surface area contributed by atoms with Gasteiger partial charge in [-0.05, 0) is 38.1 Å². The van der Waals surface area contributed by atoms with Gasteiger partial charge in [-0.25, -0.2) is 0 Å². The van der Waals surface area contributed by atoms with Gasteiger partial charge in [0.05, 0.1) is 5.60 Å². The van der Waals surface area contributed by atoms with Crippen LogP contribution in [0, 0.1) is 0 Å². The molecule has 0 bridgehead atoms. The summed E-state index contributed by atoms with van der Waals surface area (Å²) in [6.45, 7) is 5.72. The van der Waals surface area contributed by atoms with Crippen molar-refractivity contribution in [3.05, 3.63) is 43.0 Å². The average molecular weight is 284 g/mol. The maximum atomic E-state index is 12.7. The molecule has 0 spiro atoms. The number of allylic oxidation sites excluding steroid dienone is 1. The number of carbonyl (C=O) groups excluding carboxylic acids is 1. The lowest BCUT2D eigenvalue weighted by atomic mass is 9.79. The Morgan fingerprint density at radius 1 is 1.33 bits per heavy atom. The van der Waals surface area contributed by atoms with Crippen LogP contribution in [0.2, 0.25) is 0 Å². The smallest absolute Gasteiger partial charge is 0.399 e. The second-order valence-electron chi connectivity index (χ2n) is 6.14. The van der Waals surface area contributed by atoms with Gasteiger partial charge < -0.3 is 9.31 Å². The second-order valence-corrected chi connectivity index (χ2v) is 6.14. The number of hydrogen-bond acceptors (Lipinski definition) is 3. The lowest BCUT2D eigenvalue weighted by Gasteiger charge is -2.34. The Labute approximate surface area is 126 Å². The first-order valence-electron chi connectivity index (χ1n) is 7.66. The molecule has 2 aliphatic rings. The molecule has 4 heteroatoms. The molecule has 1 heterocycles.